The summed E-state index contributed by atoms with van der Waals surface area (Å²) in [5, 5.41) is 2.96. The highest BCUT2D eigenvalue weighted by molar-refractivity contribution is 5.97. The third-order valence-corrected chi connectivity index (χ3v) is 4.70. The van der Waals surface area contributed by atoms with Crippen molar-refractivity contribution in [1.82, 2.24) is 4.90 Å². The molecule has 0 bridgehead atoms. The minimum Gasteiger partial charge on any atom is -0.342 e. The molecule has 130 valence electrons. The van der Waals surface area contributed by atoms with Gasteiger partial charge in [-0.2, -0.15) is 0 Å². The molecule has 1 fully saturated rings. The highest BCUT2D eigenvalue weighted by Gasteiger charge is 2.33. The van der Waals surface area contributed by atoms with E-state index in [1.54, 1.807) is 4.90 Å². The zero-order valence-electron chi connectivity index (χ0n) is 14.6. The normalized spacial score (nSPS) is 16.9. The van der Waals surface area contributed by atoms with Crippen LogP contribution in [0.25, 0.3) is 0 Å². The molecule has 2 aromatic rings. The molecule has 1 N–H and O–H groups in total. The molecule has 1 aliphatic heterocycles. The van der Waals surface area contributed by atoms with Crippen molar-refractivity contribution in [2.24, 2.45) is 5.92 Å². The molecule has 0 spiro atoms. The molecule has 1 heterocycles. The Morgan fingerprint density at radius 3 is 2.64 bits per heavy atom. The Labute approximate surface area is 148 Å². The van der Waals surface area contributed by atoms with E-state index in [-0.39, 0.29) is 17.7 Å². The first-order chi connectivity index (χ1) is 12.2. The lowest BCUT2D eigenvalue weighted by atomic mass is 10.1. The predicted molar refractivity (Wildman–Crippen MR) is 99.3 cm³/mol. The van der Waals surface area contributed by atoms with Gasteiger partial charge >= 0.3 is 0 Å². The fraction of sp³-hybridized carbons (Fsp3) is 0.333. The van der Waals surface area contributed by atoms with Crippen LogP contribution in [-0.4, -0.2) is 29.8 Å². The number of aryl methyl sites for hydroxylation is 1. The van der Waals surface area contributed by atoms with Crippen LogP contribution in [0.2, 0.25) is 0 Å². The van der Waals surface area contributed by atoms with Crippen LogP contribution in [-0.2, 0) is 22.4 Å². The first-order valence-electron chi connectivity index (χ1n) is 8.87. The van der Waals surface area contributed by atoms with Gasteiger partial charge in [0.15, 0.2) is 0 Å². The predicted octanol–water partition coefficient (Wildman–Crippen LogP) is 3.28. The SMILES string of the molecule is CCc1cccc(NC(=O)[C@@H]2CC(=O)N(CCc3ccccc3)C2)c1. The second kappa shape index (κ2) is 7.97. The number of nitrogens with one attached hydrogen (secondary N) is 1. The summed E-state index contributed by atoms with van der Waals surface area (Å²) in [7, 11) is 0. The first kappa shape index (κ1) is 17.2. The number of amides is 2. The molecule has 4 heteroatoms. The quantitative estimate of drug-likeness (QED) is 0.880. The zero-order chi connectivity index (χ0) is 17.6. The van der Waals surface area contributed by atoms with E-state index in [1.807, 2.05) is 42.5 Å². The monoisotopic (exact) mass is 336 g/mol. The number of rotatable bonds is 6. The van der Waals surface area contributed by atoms with E-state index in [9.17, 15) is 9.59 Å². The second-order valence-electron chi connectivity index (χ2n) is 6.52. The van der Waals surface area contributed by atoms with E-state index in [2.05, 4.69) is 24.4 Å². The van der Waals surface area contributed by atoms with Gasteiger partial charge in [0.1, 0.15) is 0 Å². The van der Waals surface area contributed by atoms with Crippen molar-refractivity contribution in [3.63, 3.8) is 0 Å². The van der Waals surface area contributed by atoms with Gasteiger partial charge in [0.2, 0.25) is 11.8 Å². The van der Waals surface area contributed by atoms with Gasteiger partial charge in [-0.15, -0.1) is 0 Å². The zero-order valence-corrected chi connectivity index (χ0v) is 14.6. The van der Waals surface area contributed by atoms with Gasteiger partial charge in [0.05, 0.1) is 5.92 Å². The maximum Gasteiger partial charge on any atom is 0.229 e. The standard InChI is InChI=1S/C21H24N2O2/c1-2-16-9-6-10-19(13-16)22-21(25)18-14-20(24)23(15-18)12-11-17-7-4-3-5-8-17/h3-10,13,18H,2,11-12,14-15H2,1H3,(H,22,25)/t18-/m1/s1. The van der Waals surface area contributed by atoms with Crippen LogP contribution < -0.4 is 5.32 Å². The van der Waals surface area contributed by atoms with Gasteiger partial charge in [-0.25, -0.2) is 0 Å². The van der Waals surface area contributed by atoms with E-state index < -0.39 is 0 Å². The summed E-state index contributed by atoms with van der Waals surface area (Å²) in [4.78, 5) is 26.5. The molecule has 25 heavy (non-hydrogen) atoms. The molecule has 4 nitrogen and oxygen atoms in total. The van der Waals surface area contributed by atoms with Crippen molar-refractivity contribution in [3.8, 4) is 0 Å². The topological polar surface area (TPSA) is 49.4 Å². The molecule has 0 radical (unpaired) electrons. The molecule has 1 atom stereocenters. The Hall–Kier alpha value is -2.62. The number of anilines is 1. The van der Waals surface area contributed by atoms with E-state index in [0.29, 0.717) is 19.5 Å². The highest BCUT2D eigenvalue weighted by atomic mass is 16.2. The van der Waals surface area contributed by atoms with Crippen molar-refractivity contribution in [2.75, 3.05) is 18.4 Å². The largest absolute Gasteiger partial charge is 0.342 e. The minimum absolute atomic E-state index is 0.0659. The molecular formula is C21H24N2O2. The lowest BCUT2D eigenvalue weighted by Gasteiger charge is -2.16. The van der Waals surface area contributed by atoms with Gasteiger partial charge in [0, 0.05) is 25.2 Å². The Bertz CT molecular complexity index is 743. The van der Waals surface area contributed by atoms with Crippen molar-refractivity contribution in [1.29, 1.82) is 0 Å². The van der Waals surface area contributed by atoms with Crippen LogP contribution in [0.15, 0.2) is 54.6 Å². The van der Waals surface area contributed by atoms with E-state index in [0.717, 1.165) is 18.5 Å². The van der Waals surface area contributed by atoms with Crippen molar-refractivity contribution < 1.29 is 9.59 Å². The highest BCUT2D eigenvalue weighted by Crippen LogP contribution is 2.21. The summed E-state index contributed by atoms with van der Waals surface area (Å²) in [5.74, 6) is -0.268. The van der Waals surface area contributed by atoms with E-state index in [1.165, 1.54) is 11.1 Å². The Morgan fingerprint density at radius 1 is 1.12 bits per heavy atom. The number of likely N-dealkylation sites (tertiary alicyclic amines) is 1. The Balaban J connectivity index is 1.55. The number of nitrogens with zero attached hydrogens (tertiary/aromatic N) is 1. The van der Waals surface area contributed by atoms with Gasteiger partial charge in [-0.3, -0.25) is 9.59 Å². The number of benzene rings is 2. The van der Waals surface area contributed by atoms with Crippen LogP contribution in [0.4, 0.5) is 5.69 Å². The van der Waals surface area contributed by atoms with Gasteiger partial charge in [-0.05, 0) is 36.1 Å². The average Bonchev–Trinajstić information content (AvgIpc) is 3.02. The lowest BCUT2D eigenvalue weighted by Crippen LogP contribution is -2.30. The maximum atomic E-state index is 12.5. The lowest BCUT2D eigenvalue weighted by molar-refractivity contribution is -0.128. The van der Waals surface area contributed by atoms with Gasteiger partial charge in [0.25, 0.3) is 0 Å². The summed E-state index contributed by atoms with van der Waals surface area (Å²) >= 11 is 0. The van der Waals surface area contributed by atoms with Gasteiger partial charge < -0.3 is 10.2 Å². The molecular weight excluding hydrogens is 312 g/mol. The Kier molecular flexibility index (Phi) is 5.49. The van der Waals surface area contributed by atoms with E-state index in [4.69, 9.17) is 0 Å². The van der Waals surface area contributed by atoms with Crippen LogP contribution in [0.1, 0.15) is 24.5 Å². The number of carbonyl (C=O) groups excluding carboxylic acids is 2. The van der Waals surface area contributed by atoms with Crippen LogP contribution in [0.3, 0.4) is 0 Å². The van der Waals surface area contributed by atoms with Crippen LogP contribution in [0, 0.1) is 5.92 Å². The fourth-order valence-corrected chi connectivity index (χ4v) is 3.19. The molecule has 0 saturated carbocycles. The molecule has 3 rings (SSSR count). The van der Waals surface area contributed by atoms with Crippen molar-refractivity contribution in [3.05, 3.63) is 65.7 Å². The molecule has 0 unspecified atom stereocenters. The number of carbonyl (C=O) groups is 2. The van der Waals surface area contributed by atoms with E-state index >= 15 is 0 Å². The van der Waals surface area contributed by atoms with Crippen molar-refractivity contribution in [2.45, 2.75) is 26.2 Å². The molecule has 1 aliphatic rings. The summed E-state index contributed by atoms with van der Waals surface area (Å²) in [6, 6.07) is 18.0. The molecule has 0 aromatic heterocycles. The molecule has 0 aliphatic carbocycles. The number of hydrogen-bond acceptors (Lipinski definition) is 2. The molecule has 1 saturated heterocycles. The average molecular weight is 336 g/mol. The van der Waals surface area contributed by atoms with Crippen LogP contribution >= 0.6 is 0 Å². The van der Waals surface area contributed by atoms with Crippen LogP contribution in [0.5, 0.6) is 0 Å². The smallest absolute Gasteiger partial charge is 0.229 e. The minimum atomic E-state index is -0.270. The molecule has 2 amide bonds. The third-order valence-electron chi connectivity index (χ3n) is 4.70. The summed E-state index contributed by atoms with van der Waals surface area (Å²) in [6.07, 6.45) is 2.05. The van der Waals surface area contributed by atoms with Gasteiger partial charge in [-0.1, -0.05) is 49.4 Å². The second-order valence-corrected chi connectivity index (χ2v) is 6.52. The summed E-state index contributed by atoms with van der Waals surface area (Å²) in [6.45, 7) is 3.25. The van der Waals surface area contributed by atoms with Crippen molar-refractivity contribution >= 4 is 17.5 Å². The Morgan fingerprint density at radius 2 is 1.88 bits per heavy atom. The molecule has 2 aromatic carbocycles. The summed E-state index contributed by atoms with van der Waals surface area (Å²) in [5.41, 5.74) is 3.20. The summed E-state index contributed by atoms with van der Waals surface area (Å²) < 4.78 is 0. The number of hydrogen-bond donors (Lipinski definition) is 1. The fourth-order valence-electron chi connectivity index (χ4n) is 3.19. The maximum absolute atomic E-state index is 12.5. The third kappa shape index (κ3) is 4.47. The first-order valence-corrected chi connectivity index (χ1v) is 8.87.